The zero-order valence-corrected chi connectivity index (χ0v) is 7.44. The molecule has 1 aromatic carbocycles. The monoisotopic (exact) mass is 179 g/mol. The summed E-state index contributed by atoms with van der Waals surface area (Å²) in [5.74, 6) is 0. The molecule has 2 heteroatoms. The van der Waals surface area contributed by atoms with E-state index in [9.17, 15) is 0 Å². The van der Waals surface area contributed by atoms with Crippen molar-refractivity contribution in [3.63, 3.8) is 0 Å². The Morgan fingerprint density at radius 1 is 1.21 bits per heavy atom. The van der Waals surface area contributed by atoms with Gasteiger partial charge >= 0.3 is 0 Å². The zero-order chi connectivity index (χ0) is 9.80. The molecule has 0 aliphatic carbocycles. The molecule has 1 radical (unpaired) electrons. The molecule has 2 rings (SSSR count). The van der Waals surface area contributed by atoms with Gasteiger partial charge in [-0.1, -0.05) is 24.3 Å². The topological polar surface area (TPSA) is 36.7 Å². The van der Waals surface area contributed by atoms with Crippen LogP contribution in [0.5, 0.6) is 0 Å². The molecule has 0 atom stereocenters. The number of rotatable bonds is 1. The molecule has 2 aromatic rings. The summed E-state index contributed by atoms with van der Waals surface area (Å²) in [6.45, 7) is 0. The van der Waals surface area contributed by atoms with Gasteiger partial charge in [-0.2, -0.15) is 5.26 Å². The molecule has 0 fully saturated rings. The van der Waals surface area contributed by atoms with Crippen LogP contribution in [0.4, 0.5) is 0 Å². The van der Waals surface area contributed by atoms with Gasteiger partial charge in [-0.3, -0.25) is 4.98 Å². The molecule has 65 valence electrons. The van der Waals surface area contributed by atoms with Crippen LogP contribution < -0.4 is 0 Å². The third-order valence-electron chi connectivity index (χ3n) is 1.89. The van der Waals surface area contributed by atoms with Gasteiger partial charge in [-0.15, -0.1) is 0 Å². The van der Waals surface area contributed by atoms with Crippen molar-refractivity contribution in [3.8, 4) is 17.3 Å². The van der Waals surface area contributed by atoms with Crippen LogP contribution in [-0.2, 0) is 0 Å². The Hall–Kier alpha value is -2.14. The summed E-state index contributed by atoms with van der Waals surface area (Å²) in [6.07, 6.45) is 1.68. The predicted octanol–water partition coefficient (Wildman–Crippen LogP) is 2.42. The van der Waals surface area contributed by atoms with E-state index < -0.39 is 0 Å². The van der Waals surface area contributed by atoms with Crippen molar-refractivity contribution in [2.45, 2.75) is 0 Å². The first-order valence-electron chi connectivity index (χ1n) is 4.24. The molecule has 2 nitrogen and oxygen atoms in total. The normalized spacial score (nSPS) is 9.36. The number of nitrogens with zero attached hydrogens (tertiary/aromatic N) is 2. The summed E-state index contributed by atoms with van der Waals surface area (Å²) in [7, 11) is 0. The summed E-state index contributed by atoms with van der Waals surface area (Å²) in [5, 5.41) is 8.88. The zero-order valence-electron chi connectivity index (χ0n) is 7.44. The van der Waals surface area contributed by atoms with Gasteiger partial charge in [0.2, 0.25) is 0 Å². The van der Waals surface area contributed by atoms with Crippen LogP contribution in [0.15, 0.2) is 42.6 Å². The van der Waals surface area contributed by atoms with Crippen molar-refractivity contribution in [3.05, 3.63) is 54.2 Å². The van der Waals surface area contributed by atoms with Gasteiger partial charge in [0, 0.05) is 11.8 Å². The summed E-state index contributed by atoms with van der Waals surface area (Å²) in [4.78, 5) is 4.17. The minimum atomic E-state index is 0.579. The maximum atomic E-state index is 8.88. The Bertz CT molecular complexity index is 469. The number of benzene rings is 1. The highest BCUT2D eigenvalue weighted by atomic mass is 14.7. The lowest BCUT2D eigenvalue weighted by atomic mass is 10.1. The van der Waals surface area contributed by atoms with E-state index in [4.69, 9.17) is 5.26 Å². The van der Waals surface area contributed by atoms with E-state index in [2.05, 4.69) is 17.1 Å². The van der Waals surface area contributed by atoms with E-state index in [0.717, 1.165) is 5.56 Å². The van der Waals surface area contributed by atoms with Crippen LogP contribution in [-0.4, -0.2) is 4.98 Å². The van der Waals surface area contributed by atoms with Crippen molar-refractivity contribution < 1.29 is 0 Å². The third kappa shape index (κ3) is 1.48. The molecule has 0 saturated heterocycles. The van der Waals surface area contributed by atoms with Crippen LogP contribution in [0.1, 0.15) is 5.56 Å². The Kier molecular flexibility index (Phi) is 2.24. The molecule has 1 heterocycles. The highest BCUT2D eigenvalue weighted by molar-refractivity contribution is 5.65. The quantitative estimate of drug-likeness (QED) is 0.674. The van der Waals surface area contributed by atoms with Crippen molar-refractivity contribution in [1.29, 1.82) is 5.26 Å². The summed E-state index contributed by atoms with van der Waals surface area (Å²) < 4.78 is 0. The number of hydrogen-bond acceptors (Lipinski definition) is 2. The number of nitriles is 1. The van der Waals surface area contributed by atoms with Crippen molar-refractivity contribution in [2.24, 2.45) is 0 Å². The van der Waals surface area contributed by atoms with Crippen LogP contribution in [0.3, 0.4) is 0 Å². The summed E-state index contributed by atoms with van der Waals surface area (Å²) >= 11 is 0. The molecule has 0 N–H and O–H groups in total. The van der Waals surface area contributed by atoms with Gasteiger partial charge in [0.05, 0.1) is 11.3 Å². The summed E-state index contributed by atoms with van der Waals surface area (Å²) in [6, 6.07) is 16.2. The van der Waals surface area contributed by atoms with E-state index in [1.807, 2.05) is 24.3 Å². The van der Waals surface area contributed by atoms with Crippen LogP contribution >= 0.6 is 0 Å². The predicted molar refractivity (Wildman–Crippen MR) is 53.2 cm³/mol. The Labute approximate surface area is 82.5 Å². The van der Waals surface area contributed by atoms with Crippen molar-refractivity contribution >= 4 is 0 Å². The minimum Gasteiger partial charge on any atom is -0.255 e. The van der Waals surface area contributed by atoms with E-state index >= 15 is 0 Å². The second-order valence-corrected chi connectivity index (χ2v) is 2.79. The largest absolute Gasteiger partial charge is 0.255 e. The third-order valence-corrected chi connectivity index (χ3v) is 1.89. The van der Waals surface area contributed by atoms with Crippen molar-refractivity contribution in [1.82, 2.24) is 4.98 Å². The second kappa shape index (κ2) is 3.71. The Balaban J connectivity index is 2.58. The maximum absolute atomic E-state index is 8.88. The fourth-order valence-electron chi connectivity index (χ4n) is 1.25. The molecular weight excluding hydrogens is 172 g/mol. The fourth-order valence-corrected chi connectivity index (χ4v) is 1.25. The standard InChI is InChI=1S/C12H7N2/c13-9-11-7-4-8-14-12(11)10-5-2-1-3-6-10/h1-5,7-8H. The first-order chi connectivity index (χ1) is 6.92. The lowest BCUT2D eigenvalue weighted by Gasteiger charge is -2.00. The molecule has 0 bridgehead atoms. The van der Waals surface area contributed by atoms with Gasteiger partial charge in [0.15, 0.2) is 0 Å². The molecular formula is C12H7N2. The van der Waals surface area contributed by atoms with E-state index in [-0.39, 0.29) is 0 Å². The Morgan fingerprint density at radius 3 is 2.86 bits per heavy atom. The molecule has 0 aliphatic rings. The van der Waals surface area contributed by atoms with Crippen molar-refractivity contribution in [2.75, 3.05) is 0 Å². The van der Waals surface area contributed by atoms with E-state index in [1.54, 1.807) is 18.3 Å². The van der Waals surface area contributed by atoms with Crippen LogP contribution in [0.25, 0.3) is 11.3 Å². The smallest absolute Gasteiger partial charge is 0.101 e. The first kappa shape index (κ1) is 8.46. The molecule has 1 aromatic heterocycles. The number of pyridine rings is 1. The number of aromatic nitrogens is 1. The van der Waals surface area contributed by atoms with Gasteiger partial charge in [0.1, 0.15) is 6.07 Å². The molecule has 0 saturated carbocycles. The second-order valence-electron chi connectivity index (χ2n) is 2.79. The number of hydrogen-bond donors (Lipinski definition) is 0. The molecule has 0 unspecified atom stereocenters. The molecule has 0 amide bonds. The average molecular weight is 179 g/mol. The van der Waals surface area contributed by atoms with Crippen LogP contribution in [0, 0.1) is 17.4 Å². The lowest BCUT2D eigenvalue weighted by molar-refractivity contribution is 1.30. The Morgan fingerprint density at radius 2 is 2.14 bits per heavy atom. The maximum Gasteiger partial charge on any atom is 0.101 e. The minimum absolute atomic E-state index is 0.579. The van der Waals surface area contributed by atoms with E-state index in [0.29, 0.717) is 11.3 Å². The van der Waals surface area contributed by atoms with Gasteiger partial charge in [-0.05, 0) is 18.2 Å². The molecule has 0 spiro atoms. The lowest BCUT2D eigenvalue weighted by Crippen LogP contribution is -1.87. The van der Waals surface area contributed by atoms with Gasteiger partial charge < -0.3 is 0 Å². The molecule has 14 heavy (non-hydrogen) atoms. The average Bonchev–Trinajstić information content (AvgIpc) is 2.30. The molecule has 0 aliphatic heterocycles. The SMILES string of the molecule is N#Cc1cccnc1-c1[c]cccc1. The highest BCUT2D eigenvalue weighted by Crippen LogP contribution is 2.18. The van der Waals surface area contributed by atoms with Gasteiger partial charge in [0.25, 0.3) is 0 Å². The highest BCUT2D eigenvalue weighted by Gasteiger charge is 2.03. The van der Waals surface area contributed by atoms with Gasteiger partial charge in [-0.25, -0.2) is 0 Å². The fraction of sp³-hybridized carbons (Fsp3) is 0. The first-order valence-corrected chi connectivity index (χ1v) is 4.24. The van der Waals surface area contributed by atoms with E-state index in [1.165, 1.54) is 0 Å². The van der Waals surface area contributed by atoms with Crippen LogP contribution in [0.2, 0.25) is 0 Å². The summed E-state index contributed by atoms with van der Waals surface area (Å²) in [5.41, 5.74) is 2.12.